The summed E-state index contributed by atoms with van der Waals surface area (Å²) in [6.45, 7) is 3.68. The number of methoxy groups -OCH3 is 1. The summed E-state index contributed by atoms with van der Waals surface area (Å²) < 4.78 is 11.7. The number of benzene rings is 2. The summed E-state index contributed by atoms with van der Waals surface area (Å²) in [5.74, 6) is -1.09. The molecule has 5 N–H and O–H groups in total. The van der Waals surface area contributed by atoms with Crippen molar-refractivity contribution < 1.29 is 29.0 Å². The Morgan fingerprint density at radius 2 is 1.92 bits per heavy atom. The number of hydrogen-bond donors (Lipinski definition) is 4. The molecule has 0 radical (unpaired) electrons. The highest BCUT2D eigenvalue weighted by molar-refractivity contribution is 6.07. The van der Waals surface area contributed by atoms with E-state index in [9.17, 15) is 19.5 Å². The number of rotatable bonds is 7. The van der Waals surface area contributed by atoms with Gasteiger partial charge in [0.05, 0.1) is 31.1 Å². The van der Waals surface area contributed by atoms with Crippen molar-refractivity contribution in [3.8, 4) is 11.5 Å². The highest BCUT2D eigenvalue weighted by atomic mass is 16.5. The Kier molecular flexibility index (Phi) is 6.64. The van der Waals surface area contributed by atoms with Gasteiger partial charge in [0.15, 0.2) is 11.5 Å². The lowest BCUT2D eigenvalue weighted by Gasteiger charge is -2.30. The third-order valence-corrected chi connectivity index (χ3v) is 5.71. The van der Waals surface area contributed by atoms with Gasteiger partial charge in [0.1, 0.15) is 17.4 Å². The number of nitrogens with two attached hydrogens (primary N) is 1. The van der Waals surface area contributed by atoms with Crippen molar-refractivity contribution >= 4 is 29.3 Å². The number of carbonyl (C=O) groups excluding carboxylic acids is 3. The summed E-state index contributed by atoms with van der Waals surface area (Å²) in [6, 6.07) is 10.2. The van der Waals surface area contributed by atoms with E-state index in [-0.39, 0.29) is 23.7 Å². The van der Waals surface area contributed by atoms with Crippen LogP contribution in [0.25, 0.3) is 0 Å². The molecule has 0 aliphatic carbocycles. The predicted molar refractivity (Wildman–Crippen MR) is 131 cm³/mol. The molecule has 2 aromatic carbocycles. The molecular weight excluding hydrogens is 466 g/mol. The van der Waals surface area contributed by atoms with Crippen LogP contribution in [-0.4, -0.2) is 46.4 Å². The number of hydrogen-bond acceptors (Lipinski definition) is 8. The van der Waals surface area contributed by atoms with E-state index in [2.05, 4.69) is 15.7 Å². The number of esters is 1. The molecule has 11 nitrogen and oxygen atoms in total. The molecule has 1 unspecified atom stereocenters. The molecule has 0 fully saturated rings. The van der Waals surface area contributed by atoms with E-state index in [1.807, 2.05) is 0 Å². The van der Waals surface area contributed by atoms with Crippen LogP contribution in [0.4, 0.5) is 11.5 Å². The summed E-state index contributed by atoms with van der Waals surface area (Å²) in [6.07, 6.45) is 1.33. The first kappa shape index (κ1) is 24.3. The lowest BCUT2D eigenvalue weighted by Crippen LogP contribution is -2.32. The molecule has 2 heterocycles. The van der Waals surface area contributed by atoms with E-state index in [0.717, 1.165) is 0 Å². The number of fused-ring (bicyclic) bond motifs is 1. The lowest BCUT2D eigenvalue weighted by molar-refractivity contribution is -0.113. The molecule has 186 valence electrons. The number of allylic oxidation sites excluding steroid dienone is 1. The van der Waals surface area contributed by atoms with Gasteiger partial charge in [-0.15, -0.1) is 0 Å². The third-order valence-electron chi connectivity index (χ3n) is 5.71. The van der Waals surface area contributed by atoms with Crippen LogP contribution in [0.2, 0.25) is 0 Å². The van der Waals surface area contributed by atoms with Crippen LogP contribution in [0.1, 0.15) is 46.2 Å². The van der Waals surface area contributed by atoms with Gasteiger partial charge in [-0.3, -0.25) is 9.59 Å². The molecule has 11 heteroatoms. The maximum atomic E-state index is 13.5. The van der Waals surface area contributed by atoms with Crippen molar-refractivity contribution in [2.75, 3.05) is 24.4 Å². The van der Waals surface area contributed by atoms with E-state index in [4.69, 9.17) is 15.2 Å². The third kappa shape index (κ3) is 4.45. The summed E-state index contributed by atoms with van der Waals surface area (Å²) in [5.41, 5.74) is 7.86. The van der Waals surface area contributed by atoms with Gasteiger partial charge in [-0.25, -0.2) is 9.48 Å². The Bertz CT molecular complexity index is 1380. The number of amides is 2. The standard InChI is InChI=1S/C25H25N5O6/c1-4-36-25(34)14-5-8-16(9-6-14)29-24(33)20-13(2)28-23-17(22(26)32)12-27-30(23)21(20)15-7-10-18(31)19(11-15)35-3/h5-12,21,28,31H,4H2,1-3H3,(H2,26,32)(H,29,33). The van der Waals surface area contributed by atoms with Crippen molar-refractivity contribution in [1.29, 1.82) is 0 Å². The Labute approximate surface area is 206 Å². The van der Waals surface area contributed by atoms with Crippen molar-refractivity contribution in [2.45, 2.75) is 19.9 Å². The van der Waals surface area contributed by atoms with E-state index in [1.54, 1.807) is 50.2 Å². The largest absolute Gasteiger partial charge is 0.504 e. The van der Waals surface area contributed by atoms with Crippen molar-refractivity contribution in [3.05, 3.63) is 76.6 Å². The fourth-order valence-electron chi connectivity index (χ4n) is 4.00. The van der Waals surface area contributed by atoms with Crippen molar-refractivity contribution in [1.82, 2.24) is 9.78 Å². The van der Waals surface area contributed by atoms with E-state index >= 15 is 0 Å². The fraction of sp³-hybridized carbons (Fsp3) is 0.200. The summed E-state index contributed by atoms with van der Waals surface area (Å²) in [4.78, 5) is 37.4. The van der Waals surface area contributed by atoms with Gasteiger partial charge in [0.2, 0.25) is 0 Å². The topological polar surface area (TPSA) is 158 Å². The average Bonchev–Trinajstić information content (AvgIpc) is 3.28. The van der Waals surface area contributed by atoms with E-state index in [1.165, 1.54) is 24.1 Å². The van der Waals surface area contributed by atoms with Crippen LogP contribution in [0.15, 0.2) is 59.9 Å². The molecule has 1 aliphatic heterocycles. The predicted octanol–water partition coefficient (Wildman–Crippen LogP) is 2.80. The Balaban J connectivity index is 1.74. The van der Waals surface area contributed by atoms with Gasteiger partial charge < -0.3 is 30.9 Å². The van der Waals surface area contributed by atoms with E-state index in [0.29, 0.717) is 33.9 Å². The second-order valence-corrected chi connectivity index (χ2v) is 7.97. The Morgan fingerprint density at radius 1 is 1.19 bits per heavy atom. The molecule has 36 heavy (non-hydrogen) atoms. The van der Waals surface area contributed by atoms with Gasteiger partial charge in [0, 0.05) is 11.4 Å². The molecule has 1 atom stereocenters. The zero-order chi connectivity index (χ0) is 26.0. The molecule has 4 rings (SSSR count). The number of nitrogens with zero attached hydrogens (tertiary/aromatic N) is 2. The SMILES string of the molecule is CCOC(=O)c1ccc(NC(=O)C2=C(C)Nc3c(C(N)=O)cnn3C2c2ccc(O)c(OC)c2)cc1. The van der Waals surface area contributed by atoms with Gasteiger partial charge in [-0.05, 0) is 55.8 Å². The molecule has 0 saturated carbocycles. The molecule has 0 spiro atoms. The second kappa shape index (κ2) is 9.82. The number of anilines is 2. The van der Waals surface area contributed by atoms with Crippen LogP contribution in [0.5, 0.6) is 11.5 Å². The number of ether oxygens (including phenoxy) is 2. The number of carbonyl (C=O) groups is 3. The molecule has 1 aromatic heterocycles. The zero-order valence-corrected chi connectivity index (χ0v) is 19.9. The van der Waals surface area contributed by atoms with Gasteiger partial charge in [0.25, 0.3) is 11.8 Å². The number of phenols is 1. The summed E-state index contributed by atoms with van der Waals surface area (Å²) in [7, 11) is 1.42. The first-order chi connectivity index (χ1) is 17.2. The molecular formula is C25H25N5O6. The number of phenolic OH excluding ortho intramolecular Hbond substituents is 1. The van der Waals surface area contributed by atoms with Crippen molar-refractivity contribution in [3.63, 3.8) is 0 Å². The molecule has 0 bridgehead atoms. The average molecular weight is 492 g/mol. The smallest absolute Gasteiger partial charge is 0.338 e. The van der Waals surface area contributed by atoms with Gasteiger partial charge >= 0.3 is 5.97 Å². The normalized spacial score (nSPS) is 14.5. The van der Waals surface area contributed by atoms with E-state index < -0.39 is 23.8 Å². The number of aromatic hydroxyl groups is 1. The first-order valence-corrected chi connectivity index (χ1v) is 11.1. The quantitative estimate of drug-likeness (QED) is 0.367. The molecule has 0 saturated heterocycles. The summed E-state index contributed by atoms with van der Waals surface area (Å²) in [5, 5.41) is 20.3. The van der Waals surface area contributed by atoms with Crippen LogP contribution >= 0.6 is 0 Å². The second-order valence-electron chi connectivity index (χ2n) is 7.97. The number of primary amides is 1. The van der Waals surface area contributed by atoms with Crippen LogP contribution in [-0.2, 0) is 9.53 Å². The minimum absolute atomic E-state index is 0.0675. The minimum atomic E-state index is -0.775. The zero-order valence-electron chi connectivity index (χ0n) is 19.9. The van der Waals surface area contributed by atoms with Gasteiger partial charge in [-0.2, -0.15) is 5.10 Å². The molecule has 1 aliphatic rings. The first-order valence-electron chi connectivity index (χ1n) is 11.1. The molecule has 3 aromatic rings. The Morgan fingerprint density at radius 3 is 2.56 bits per heavy atom. The monoisotopic (exact) mass is 491 g/mol. The number of nitrogens with one attached hydrogen (secondary N) is 2. The van der Waals surface area contributed by atoms with Gasteiger partial charge in [-0.1, -0.05) is 6.07 Å². The molecule has 2 amide bonds. The maximum Gasteiger partial charge on any atom is 0.338 e. The highest BCUT2D eigenvalue weighted by Gasteiger charge is 2.35. The number of aromatic nitrogens is 2. The Hall–Kier alpha value is -4.80. The maximum absolute atomic E-state index is 13.5. The summed E-state index contributed by atoms with van der Waals surface area (Å²) >= 11 is 0. The lowest BCUT2D eigenvalue weighted by atomic mass is 9.94. The van der Waals surface area contributed by atoms with Crippen LogP contribution < -0.4 is 21.1 Å². The van der Waals surface area contributed by atoms with Crippen molar-refractivity contribution in [2.24, 2.45) is 5.73 Å². The van der Waals surface area contributed by atoms with Crippen LogP contribution in [0, 0.1) is 0 Å². The highest BCUT2D eigenvalue weighted by Crippen LogP contribution is 2.40. The fourth-order valence-corrected chi connectivity index (χ4v) is 4.00. The van der Waals surface area contributed by atoms with Crippen LogP contribution in [0.3, 0.4) is 0 Å². The minimum Gasteiger partial charge on any atom is -0.504 e.